The second-order valence-electron chi connectivity index (χ2n) is 3.41. The Bertz CT molecular complexity index is 648. The van der Waals surface area contributed by atoms with E-state index in [-0.39, 0.29) is 24.6 Å². The summed E-state index contributed by atoms with van der Waals surface area (Å²) in [6.07, 6.45) is 5.03. The van der Waals surface area contributed by atoms with Gasteiger partial charge in [0.2, 0.25) is 5.91 Å². The zero-order valence-corrected chi connectivity index (χ0v) is 9.79. The highest BCUT2D eigenvalue weighted by Gasteiger charge is 2.09. The van der Waals surface area contributed by atoms with E-state index in [4.69, 9.17) is 6.42 Å². The predicted molar refractivity (Wildman–Crippen MR) is 67.9 cm³/mol. The number of carbonyl (C=O) groups is 1. The number of benzene rings is 1. The van der Waals surface area contributed by atoms with Crippen molar-refractivity contribution in [3.05, 3.63) is 34.6 Å². The number of hydrogen-bond donors (Lipinski definition) is 1. The maximum Gasteiger partial charge on any atom is 0.268 e. The smallest absolute Gasteiger partial charge is 0.268 e. The number of amides is 1. The molecule has 0 atom stereocenters. The average molecular weight is 246 g/mol. The summed E-state index contributed by atoms with van der Waals surface area (Å²) in [6.45, 7) is 0.193. The lowest BCUT2D eigenvalue weighted by atomic mass is 10.3. The van der Waals surface area contributed by atoms with Crippen molar-refractivity contribution in [2.75, 3.05) is 6.54 Å². The lowest BCUT2D eigenvalue weighted by Crippen LogP contribution is -2.30. The van der Waals surface area contributed by atoms with Gasteiger partial charge in [-0.15, -0.1) is 6.42 Å². The van der Waals surface area contributed by atoms with Crippen LogP contribution in [0.2, 0.25) is 0 Å². The van der Waals surface area contributed by atoms with Crippen molar-refractivity contribution in [3.63, 3.8) is 0 Å². The fourth-order valence-corrected chi connectivity index (χ4v) is 2.45. The number of hydrogen-bond acceptors (Lipinski definition) is 3. The Morgan fingerprint density at radius 1 is 1.47 bits per heavy atom. The Balaban J connectivity index is 2.25. The quantitative estimate of drug-likeness (QED) is 0.815. The third-order valence-corrected chi connectivity index (χ3v) is 3.30. The molecule has 0 aliphatic heterocycles. The van der Waals surface area contributed by atoms with Crippen molar-refractivity contribution in [2.45, 2.75) is 6.54 Å². The van der Waals surface area contributed by atoms with Gasteiger partial charge in [-0.05, 0) is 12.1 Å². The van der Waals surface area contributed by atoms with E-state index in [1.54, 1.807) is 12.1 Å². The standard InChI is InChI=1S/C12H10N2O2S/c1-2-7-13-11(15)8-14-12(16)9-5-3-4-6-10(9)17-14/h1,3-6H,7-8H2,(H,13,15). The summed E-state index contributed by atoms with van der Waals surface area (Å²) < 4.78 is 2.30. The summed E-state index contributed by atoms with van der Waals surface area (Å²) >= 11 is 1.28. The molecule has 1 aromatic carbocycles. The third-order valence-electron chi connectivity index (χ3n) is 2.23. The molecule has 4 nitrogen and oxygen atoms in total. The van der Waals surface area contributed by atoms with E-state index in [2.05, 4.69) is 11.2 Å². The number of aromatic nitrogens is 1. The van der Waals surface area contributed by atoms with Crippen molar-refractivity contribution in [1.29, 1.82) is 0 Å². The Kier molecular flexibility index (Phi) is 3.26. The number of carbonyl (C=O) groups excluding carboxylic acids is 1. The highest BCUT2D eigenvalue weighted by Crippen LogP contribution is 2.15. The molecule has 0 saturated carbocycles. The number of rotatable bonds is 3. The summed E-state index contributed by atoms with van der Waals surface area (Å²) in [4.78, 5) is 23.3. The summed E-state index contributed by atoms with van der Waals surface area (Å²) in [7, 11) is 0. The first-order chi connectivity index (χ1) is 8.22. The van der Waals surface area contributed by atoms with Gasteiger partial charge in [0.25, 0.3) is 5.56 Å². The second kappa shape index (κ2) is 4.85. The van der Waals surface area contributed by atoms with Gasteiger partial charge in [0, 0.05) is 0 Å². The molecule has 1 amide bonds. The minimum Gasteiger partial charge on any atom is -0.344 e. The molecule has 5 heteroatoms. The second-order valence-corrected chi connectivity index (χ2v) is 4.47. The van der Waals surface area contributed by atoms with E-state index >= 15 is 0 Å². The van der Waals surface area contributed by atoms with Crippen molar-refractivity contribution in [3.8, 4) is 12.3 Å². The van der Waals surface area contributed by atoms with Crippen LogP contribution in [0.3, 0.4) is 0 Å². The van der Waals surface area contributed by atoms with Crippen LogP contribution in [0.5, 0.6) is 0 Å². The van der Waals surface area contributed by atoms with Gasteiger partial charge in [-0.3, -0.25) is 13.5 Å². The van der Waals surface area contributed by atoms with Crippen molar-refractivity contribution in [2.24, 2.45) is 0 Å². The molecule has 1 N–H and O–H groups in total. The predicted octanol–water partition coefficient (Wildman–Crippen LogP) is 0.812. The molecule has 0 spiro atoms. The molecule has 17 heavy (non-hydrogen) atoms. The van der Waals surface area contributed by atoms with Crippen LogP contribution in [0.15, 0.2) is 29.1 Å². The summed E-state index contributed by atoms with van der Waals surface area (Å²) in [5, 5.41) is 3.17. The van der Waals surface area contributed by atoms with E-state index in [0.717, 1.165) is 4.70 Å². The van der Waals surface area contributed by atoms with E-state index in [9.17, 15) is 9.59 Å². The highest BCUT2D eigenvalue weighted by atomic mass is 32.1. The molecule has 2 rings (SSSR count). The SMILES string of the molecule is C#CCNC(=O)Cn1sc2ccccc2c1=O. The monoisotopic (exact) mass is 246 g/mol. The van der Waals surface area contributed by atoms with Gasteiger partial charge in [0.15, 0.2) is 0 Å². The number of nitrogens with zero attached hydrogens (tertiary/aromatic N) is 1. The lowest BCUT2D eigenvalue weighted by molar-refractivity contribution is -0.121. The first-order valence-electron chi connectivity index (χ1n) is 5.01. The topological polar surface area (TPSA) is 51.1 Å². The van der Waals surface area contributed by atoms with Gasteiger partial charge in [0.1, 0.15) is 6.54 Å². The van der Waals surface area contributed by atoms with Crippen LogP contribution in [0.1, 0.15) is 0 Å². The minimum absolute atomic E-state index is 0.0137. The van der Waals surface area contributed by atoms with Gasteiger partial charge in [-0.25, -0.2) is 0 Å². The molecular formula is C12H10N2O2S. The molecular weight excluding hydrogens is 236 g/mol. The van der Waals surface area contributed by atoms with Gasteiger partial charge < -0.3 is 5.32 Å². The van der Waals surface area contributed by atoms with Gasteiger partial charge >= 0.3 is 0 Å². The van der Waals surface area contributed by atoms with Crippen LogP contribution >= 0.6 is 11.5 Å². The maximum absolute atomic E-state index is 11.9. The van der Waals surface area contributed by atoms with E-state index in [0.29, 0.717) is 5.39 Å². The summed E-state index contributed by atoms with van der Waals surface area (Å²) in [6, 6.07) is 7.28. The van der Waals surface area contributed by atoms with Crippen LogP contribution in [0.4, 0.5) is 0 Å². The maximum atomic E-state index is 11.9. The molecule has 0 bridgehead atoms. The fourth-order valence-electron chi connectivity index (χ4n) is 1.46. The number of fused-ring (bicyclic) bond motifs is 1. The van der Waals surface area contributed by atoms with E-state index in [1.807, 2.05) is 12.1 Å². The Hall–Kier alpha value is -2.06. The van der Waals surface area contributed by atoms with Crippen molar-refractivity contribution >= 4 is 27.5 Å². The largest absolute Gasteiger partial charge is 0.344 e. The van der Waals surface area contributed by atoms with Crippen LogP contribution in [-0.2, 0) is 11.3 Å². The Morgan fingerprint density at radius 3 is 2.94 bits per heavy atom. The van der Waals surface area contributed by atoms with Crippen molar-refractivity contribution in [1.82, 2.24) is 9.27 Å². The van der Waals surface area contributed by atoms with Gasteiger partial charge in [0.05, 0.1) is 16.6 Å². The zero-order valence-electron chi connectivity index (χ0n) is 8.97. The molecule has 0 unspecified atom stereocenters. The first-order valence-corrected chi connectivity index (χ1v) is 5.78. The summed E-state index contributed by atoms with van der Waals surface area (Å²) in [5.74, 6) is 2.06. The Morgan fingerprint density at radius 2 is 2.24 bits per heavy atom. The molecule has 0 radical (unpaired) electrons. The van der Waals surface area contributed by atoms with Crippen LogP contribution in [0, 0.1) is 12.3 Å². The van der Waals surface area contributed by atoms with Gasteiger partial charge in [-0.2, -0.15) is 0 Å². The lowest BCUT2D eigenvalue weighted by Gasteiger charge is -2.00. The third kappa shape index (κ3) is 2.37. The molecule has 2 aromatic rings. The van der Waals surface area contributed by atoms with Crippen LogP contribution in [-0.4, -0.2) is 16.4 Å². The minimum atomic E-state index is -0.253. The van der Waals surface area contributed by atoms with Crippen LogP contribution in [0.25, 0.3) is 10.1 Å². The normalized spacial score (nSPS) is 10.1. The summed E-state index contributed by atoms with van der Waals surface area (Å²) in [5.41, 5.74) is -0.138. The van der Waals surface area contributed by atoms with Crippen molar-refractivity contribution < 1.29 is 4.79 Å². The zero-order chi connectivity index (χ0) is 12.3. The highest BCUT2D eigenvalue weighted by molar-refractivity contribution is 7.13. The van der Waals surface area contributed by atoms with Gasteiger partial charge in [-0.1, -0.05) is 29.6 Å². The number of nitrogens with one attached hydrogen (secondary N) is 1. The average Bonchev–Trinajstić information content (AvgIpc) is 2.64. The molecule has 0 saturated heterocycles. The van der Waals surface area contributed by atoms with E-state index in [1.165, 1.54) is 15.5 Å². The van der Waals surface area contributed by atoms with E-state index < -0.39 is 0 Å². The molecule has 0 aliphatic carbocycles. The number of terminal acetylenes is 1. The molecule has 86 valence electrons. The molecule has 1 aromatic heterocycles. The Labute approximate surface area is 102 Å². The van der Waals surface area contributed by atoms with Crippen LogP contribution < -0.4 is 10.9 Å². The molecule has 0 fully saturated rings. The fraction of sp³-hybridized carbons (Fsp3) is 0.167. The molecule has 0 aliphatic rings. The molecule has 1 heterocycles. The first kappa shape index (κ1) is 11.4.